The molecule has 1 aromatic heterocycles. The summed E-state index contributed by atoms with van der Waals surface area (Å²) < 4.78 is 27.0. The van der Waals surface area contributed by atoms with E-state index < -0.39 is 10.0 Å². The molecule has 0 amide bonds. The van der Waals surface area contributed by atoms with Gasteiger partial charge in [-0.05, 0) is 26.1 Å². The van der Waals surface area contributed by atoms with E-state index in [1.54, 1.807) is 16.4 Å². The number of likely N-dealkylation sites (N-methyl/N-ethyl adjacent to an activating group) is 1. The van der Waals surface area contributed by atoms with Crippen molar-refractivity contribution in [3.63, 3.8) is 0 Å². The SMILES string of the molecule is CC1CN(S(=O)(=O)c2ccc(CCO)s2)CCN1C. The molecule has 1 N–H and O–H groups in total. The number of thiophene rings is 1. The summed E-state index contributed by atoms with van der Waals surface area (Å²) in [6.45, 7) is 3.91. The zero-order valence-corrected chi connectivity index (χ0v) is 12.9. The summed E-state index contributed by atoms with van der Waals surface area (Å²) >= 11 is 1.26. The summed E-state index contributed by atoms with van der Waals surface area (Å²) in [6, 6.07) is 3.67. The molecule has 1 aliphatic heterocycles. The van der Waals surface area contributed by atoms with Crippen LogP contribution >= 0.6 is 11.3 Å². The number of piperazine rings is 1. The van der Waals surface area contributed by atoms with Crippen LogP contribution in [-0.4, -0.2) is 62.1 Å². The lowest BCUT2D eigenvalue weighted by Crippen LogP contribution is -2.51. The number of hydrogen-bond acceptors (Lipinski definition) is 5. The third-order valence-corrected chi connectivity index (χ3v) is 6.99. The second-order valence-corrected chi connectivity index (χ2v) is 8.22. The van der Waals surface area contributed by atoms with E-state index in [0.717, 1.165) is 11.4 Å². The summed E-state index contributed by atoms with van der Waals surface area (Å²) in [5.41, 5.74) is 0. The first kappa shape index (κ1) is 14.9. The third-order valence-electron chi connectivity index (χ3n) is 3.51. The normalized spacial score (nSPS) is 22.8. The highest BCUT2D eigenvalue weighted by molar-refractivity contribution is 7.91. The van der Waals surface area contributed by atoms with Crippen LogP contribution in [-0.2, 0) is 16.4 Å². The Kier molecular flexibility index (Phi) is 4.62. The van der Waals surface area contributed by atoms with Crippen LogP contribution in [0.5, 0.6) is 0 Å². The molecule has 19 heavy (non-hydrogen) atoms. The molecule has 1 saturated heterocycles. The van der Waals surface area contributed by atoms with Gasteiger partial charge in [-0.3, -0.25) is 0 Å². The minimum Gasteiger partial charge on any atom is -0.396 e. The largest absolute Gasteiger partial charge is 0.396 e. The molecule has 0 radical (unpaired) electrons. The Morgan fingerprint density at radius 1 is 1.42 bits per heavy atom. The first-order valence-corrected chi connectivity index (χ1v) is 8.60. The maximum absolute atomic E-state index is 12.5. The number of rotatable bonds is 4. The van der Waals surface area contributed by atoms with E-state index in [-0.39, 0.29) is 12.6 Å². The molecular formula is C12H20N2O3S2. The molecule has 0 aliphatic carbocycles. The van der Waals surface area contributed by atoms with Gasteiger partial charge in [0.05, 0.1) is 0 Å². The van der Waals surface area contributed by atoms with Crippen LogP contribution < -0.4 is 0 Å². The van der Waals surface area contributed by atoms with Gasteiger partial charge in [-0.1, -0.05) is 0 Å². The molecule has 108 valence electrons. The Labute approximate surface area is 118 Å². The van der Waals surface area contributed by atoms with E-state index in [0.29, 0.717) is 23.7 Å². The highest BCUT2D eigenvalue weighted by Gasteiger charge is 2.31. The van der Waals surface area contributed by atoms with Gasteiger partial charge in [-0.2, -0.15) is 4.31 Å². The third kappa shape index (κ3) is 3.17. The molecule has 7 heteroatoms. The minimum atomic E-state index is -3.37. The molecule has 0 bridgehead atoms. The van der Waals surface area contributed by atoms with Gasteiger partial charge in [-0.25, -0.2) is 8.42 Å². The molecule has 1 aromatic rings. The standard InChI is InChI=1S/C12H20N2O3S2/c1-10-9-14(7-6-13(10)2)19(16,17)12-4-3-11(18-12)5-8-15/h3-4,10,15H,5-9H2,1-2H3. The fourth-order valence-electron chi connectivity index (χ4n) is 2.10. The quantitative estimate of drug-likeness (QED) is 0.885. The molecule has 1 fully saturated rings. The molecule has 2 rings (SSSR count). The summed E-state index contributed by atoms with van der Waals surface area (Å²) in [4.78, 5) is 3.07. The van der Waals surface area contributed by atoms with Gasteiger partial charge >= 0.3 is 0 Å². The van der Waals surface area contributed by atoms with Crippen molar-refractivity contribution in [2.75, 3.05) is 33.3 Å². The summed E-state index contributed by atoms with van der Waals surface area (Å²) in [7, 11) is -1.36. The average molecular weight is 304 g/mol. The zero-order valence-electron chi connectivity index (χ0n) is 11.2. The molecule has 5 nitrogen and oxygen atoms in total. The van der Waals surface area contributed by atoms with Gasteiger partial charge in [0.15, 0.2) is 0 Å². The van der Waals surface area contributed by atoms with E-state index in [2.05, 4.69) is 4.90 Å². The van der Waals surface area contributed by atoms with Crippen molar-refractivity contribution in [3.8, 4) is 0 Å². The fraction of sp³-hybridized carbons (Fsp3) is 0.667. The van der Waals surface area contributed by atoms with Crippen molar-refractivity contribution in [1.82, 2.24) is 9.21 Å². The van der Waals surface area contributed by atoms with Crippen LogP contribution in [0.2, 0.25) is 0 Å². The van der Waals surface area contributed by atoms with Crippen molar-refractivity contribution in [1.29, 1.82) is 0 Å². The summed E-state index contributed by atoms with van der Waals surface area (Å²) in [6.07, 6.45) is 0.513. The van der Waals surface area contributed by atoms with Crippen LogP contribution in [0.4, 0.5) is 0 Å². The second kappa shape index (κ2) is 5.88. The molecule has 1 unspecified atom stereocenters. The number of nitrogens with zero attached hydrogens (tertiary/aromatic N) is 2. The smallest absolute Gasteiger partial charge is 0.252 e. The van der Waals surface area contributed by atoms with Gasteiger partial charge in [-0.15, -0.1) is 11.3 Å². The van der Waals surface area contributed by atoms with Crippen LogP contribution in [0.25, 0.3) is 0 Å². The summed E-state index contributed by atoms with van der Waals surface area (Å²) in [5, 5.41) is 8.89. The monoisotopic (exact) mass is 304 g/mol. The van der Waals surface area contributed by atoms with Crippen LogP contribution in [0.1, 0.15) is 11.8 Å². The van der Waals surface area contributed by atoms with Gasteiger partial charge in [0.1, 0.15) is 4.21 Å². The highest BCUT2D eigenvalue weighted by Crippen LogP contribution is 2.26. The molecule has 2 heterocycles. The Hall–Kier alpha value is -0.470. The Morgan fingerprint density at radius 3 is 2.79 bits per heavy atom. The molecule has 1 atom stereocenters. The van der Waals surface area contributed by atoms with Crippen molar-refractivity contribution in [2.45, 2.75) is 23.6 Å². The minimum absolute atomic E-state index is 0.0472. The van der Waals surface area contributed by atoms with E-state index in [4.69, 9.17) is 5.11 Å². The van der Waals surface area contributed by atoms with Crippen LogP contribution in [0.15, 0.2) is 16.3 Å². The van der Waals surface area contributed by atoms with E-state index in [1.807, 2.05) is 14.0 Å². The van der Waals surface area contributed by atoms with Crippen LogP contribution in [0.3, 0.4) is 0 Å². The second-order valence-electron chi connectivity index (χ2n) is 4.89. The lowest BCUT2D eigenvalue weighted by atomic mass is 10.2. The molecule has 0 saturated carbocycles. The Balaban J connectivity index is 2.17. The van der Waals surface area contributed by atoms with Gasteiger partial charge < -0.3 is 10.0 Å². The maximum Gasteiger partial charge on any atom is 0.252 e. The Bertz CT molecular complexity index is 527. The maximum atomic E-state index is 12.5. The van der Waals surface area contributed by atoms with Crippen molar-refractivity contribution >= 4 is 21.4 Å². The topological polar surface area (TPSA) is 60.9 Å². The highest BCUT2D eigenvalue weighted by atomic mass is 32.2. The zero-order chi connectivity index (χ0) is 14.0. The first-order chi connectivity index (χ1) is 8.95. The van der Waals surface area contributed by atoms with Crippen molar-refractivity contribution in [3.05, 3.63) is 17.0 Å². The molecular weight excluding hydrogens is 284 g/mol. The number of hydrogen-bond donors (Lipinski definition) is 1. The van der Waals surface area contributed by atoms with E-state index in [1.165, 1.54) is 11.3 Å². The Morgan fingerprint density at radius 2 is 2.16 bits per heavy atom. The number of sulfonamides is 1. The average Bonchev–Trinajstić information content (AvgIpc) is 2.82. The number of aliphatic hydroxyl groups is 1. The summed E-state index contributed by atoms with van der Waals surface area (Å²) in [5.74, 6) is 0. The molecule has 0 spiro atoms. The molecule has 0 aromatic carbocycles. The predicted octanol–water partition coefficient (Wildman–Crippen LogP) is 0.608. The van der Waals surface area contributed by atoms with Crippen molar-refractivity contribution in [2.24, 2.45) is 0 Å². The predicted molar refractivity (Wildman–Crippen MR) is 76.0 cm³/mol. The van der Waals surface area contributed by atoms with Gasteiger partial charge in [0.2, 0.25) is 0 Å². The fourth-order valence-corrected chi connectivity index (χ4v) is 5.11. The lowest BCUT2D eigenvalue weighted by Gasteiger charge is -2.36. The molecule has 1 aliphatic rings. The lowest BCUT2D eigenvalue weighted by molar-refractivity contribution is 0.160. The van der Waals surface area contributed by atoms with E-state index >= 15 is 0 Å². The van der Waals surface area contributed by atoms with Crippen molar-refractivity contribution < 1.29 is 13.5 Å². The van der Waals surface area contributed by atoms with Crippen LogP contribution in [0, 0.1) is 0 Å². The van der Waals surface area contributed by atoms with E-state index in [9.17, 15) is 8.42 Å². The number of aliphatic hydroxyl groups excluding tert-OH is 1. The van der Waals surface area contributed by atoms with Gasteiger partial charge in [0, 0.05) is 43.6 Å². The first-order valence-electron chi connectivity index (χ1n) is 6.35. The van der Waals surface area contributed by atoms with Gasteiger partial charge in [0.25, 0.3) is 10.0 Å².